The first kappa shape index (κ1) is 23.1. The third-order valence-corrected chi connectivity index (χ3v) is 4.93. The number of ether oxygens (including phenoxy) is 2. The second-order valence-electron chi connectivity index (χ2n) is 6.88. The van der Waals surface area contributed by atoms with E-state index in [1.165, 1.54) is 37.3 Å². The quantitative estimate of drug-likeness (QED) is 0.296. The lowest BCUT2D eigenvalue weighted by Crippen LogP contribution is -2.45. The van der Waals surface area contributed by atoms with E-state index in [1.54, 1.807) is 0 Å². The number of carbonyl (C=O) groups excluding carboxylic acids is 5. The number of fused-ring (bicyclic) bond motifs is 1. The smallest absolute Gasteiger partial charge is 0.337 e. The molecule has 1 aliphatic rings. The lowest BCUT2D eigenvalue weighted by Gasteiger charge is -2.22. The highest BCUT2D eigenvalue weighted by atomic mass is 16.6. The third kappa shape index (κ3) is 4.13. The van der Waals surface area contributed by atoms with Gasteiger partial charge in [0.1, 0.15) is 11.6 Å². The molecule has 12 nitrogen and oxygen atoms in total. The van der Waals surface area contributed by atoms with Crippen LogP contribution in [0.1, 0.15) is 48.4 Å². The first-order chi connectivity index (χ1) is 15.6. The van der Waals surface area contributed by atoms with Crippen LogP contribution in [0.4, 0.5) is 11.4 Å². The molecular weight excluding hydrogens is 438 g/mol. The number of nitro benzene ring substituents is 1. The predicted molar refractivity (Wildman–Crippen MR) is 111 cm³/mol. The number of imide groups is 1. The fourth-order valence-electron chi connectivity index (χ4n) is 3.32. The van der Waals surface area contributed by atoms with Gasteiger partial charge in [0.2, 0.25) is 5.91 Å². The summed E-state index contributed by atoms with van der Waals surface area (Å²) in [6, 6.07) is 5.91. The Balaban J connectivity index is 1.91. The molecule has 12 heteroatoms. The summed E-state index contributed by atoms with van der Waals surface area (Å²) in [4.78, 5) is 73.3. The van der Waals surface area contributed by atoms with E-state index < -0.39 is 51.9 Å². The Morgan fingerprint density at radius 1 is 1.00 bits per heavy atom. The highest BCUT2D eigenvalue weighted by Crippen LogP contribution is 2.32. The Hall–Kier alpha value is -4.61. The fraction of sp³-hybridized carbons (Fsp3) is 0.190. The van der Waals surface area contributed by atoms with Crippen LogP contribution in [0.25, 0.3) is 0 Å². The van der Waals surface area contributed by atoms with Gasteiger partial charge in [0.05, 0.1) is 35.8 Å². The Morgan fingerprint density at radius 3 is 2.09 bits per heavy atom. The number of amides is 3. The second kappa shape index (κ2) is 8.86. The van der Waals surface area contributed by atoms with Crippen molar-refractivity contribution in [3.63, 3.8) is 0 Å². The minimum atomic E-state index is -1.37. The van der Waals surface area contributed by atoms with E-state index >= 15 is 0 Å². The first-order valence-corrected chi connectivity index (χ1v) is 9.38. The molecule has 170 valence electrons. The van der Waals surface area contributed by atoms with Crippen LogP contribution in [0.5, 0.6) is 0 Å². The van der Waals surface area contributed by atoms with Crippen molar-refractivity contribution in [1.82, 2.24) is 4.90 Å². The number of nitrogens with zero attached hydrogens (tertiary/aromatic N) is 2. The largest absolute Gasteiger partial charge is 0.465 e. The van der Waals surface area contributed by atoms with E-state index in [0.29, 0.717) is 4.90 Å². The molecule has 0 radical (unpaired) electrons. The molecule has 0 fully saturated rings. The van der Waals surface area contributed by atoms with Crippen molar-refractivity contribution < 1.29 is 38.4 Å². The molecule has 1 N–H and O–H groups in total. The Bertz CT molecular complexity index is 1190. The van der Waals surface area contributed by atoms with Gasteiger partial charge in [0.25, 0.3) is 17.5 Å². The number of benzene rings is 2. The van der Waals surface area contributed by atoms with Crippen LogP contribution in [-0.4, -0.2) is 59.7 Å². The van der Waals surface area contributed by atoms with Gasteiger partial charge in [0.15, 0.2) is 0 Å². The van der Waals surface area contributed by atoms with Gasteiger partial charge in [-0.1, -0.05) is 6.07 Å². The van der Waals surface area contributed by atoms with Crippen LogP contribution in [-0.2, 0) is 14.3 Å². The third-order valence-electron chi connectivity index (χ3n) is 4.93. The van der Waals surface area contributed by atoms with Crippen molar-refractivity contribution in [1.29, 1.82) is 0 Å². The highest BCUT2D eigenvalue weighted by Gasteiger charge is 2.44. The normalized spacial score (nSPS) is 13.2. The van der Waals surface area contributed by atoms with Crippen molar-refractivity contribution in [3.8, 4) is 0 Å². The summed E-state index contributed by atoms with van der Waals surface area (Å²) in [5.41, 5.74) is -1.24. The van der Waals surface area contributed by atoms with Crippen LogP contribution in [0, 0.1) is 10.1 Å². The molecule has 0 aliphatic carbocycles. The number of hydrogen-bond acceptors (Lipinski definition) is 9. The molecule has 3 rings (SSSR count). The summed E-state index contributed by atoms with van der Waals surface area (Å²) in [5, 5.41) is 13.7. The summed E-state index contributed by atoms with van der Waals surface area (Å²) in [6.07, 6.45) is 0. The molecule has 0 saturated heterocycles. The monoisotopic (exact) mass is 455 g/mol. The van der Waals surface area contributed by atoms with Crippen molar-refractivity contribution in [3.05, 3.63) is 68.8 Å². The van der Waals surface area contributed by atoms with E-state index in [2.05, 4.69) is 14.8 Å². The predicted octanol–water partition coefficient (Wildman–Crippen LogP) is 1.79. The molecule has 1 aliphatic heterocycles. The maximum Gasteiger partial charge on any atom is 0.337 e. The summed E-state index contributed by atoms with van der Waals surface area (Å²) in [7, 11) is 2.27. The molecule has 0 saturated carbocycles. The van der Waals surface area contributed by atoms with Crippen LogP contribution < -0.4 is 5.32 Å². The number of esters is 2. The lowest BCUT2D eigenvalue weighted by atomic mass is 10.1. The van der Waals surface area contributed by atoms with Gasteiger partial charge in [-0.2, -0.15) is 0 Å². The summed E-state index contributed by atoms with van der Waals surface area (Å²) >= 11 is 0. The van der Waals surface area contributed by atoms with E-state index in [-0.39, 0.29) is 22.4 Å². The number of nitro groups is 1. The van der Waals surface area contributed by atoms with Crippen LogP contribution in [0.2, 0.25) is 0 Å². The SMILES string of the molecule is COC(=O)c1cc(NC(=O)C(C)N2C(=O)c3cccc([N+](=O)[O-])c3C2=O)cc(C(=O)OC)c1. The van der Waals surface area contributed by atoms with Gasteiger partial charge >= 0.3 is 11.9 Å². The molecule has 1 heterocycles. The average molecular weight is 455 g/mol. The molecule has 0 aromatic heterocycles. The van der Waals surface area contributed by atoms with Crippen molar-refractivity contribution in [2.24, 2.45) is 0 Å². The van der Waals surface area contributed by atoms with Gasteiger partial charge in [-0.3, -0.25) is 29.4 Å². The van der Waals surface area contributed by atoms with E-state index in [1.807, 2.05) is 0 Å². The molecule has 0 bridgehead atoms. The molecule has 2 aromatic rings. The lowest BCUT2D eigenvalue weighted by molar-refractivity contribution is -0.385. The van der Waals surface area contributed by atoms with Gasteiger partial charge in [-0.05, 0) is 31.2 Å². The number of rotatable bonds is 6. The molecular formula is C21H17N3O9. The maximum atomic E-state index is 12.8. The summed E-state index contributed by atoms with van der Waals surface area (Å²) < 4.78 is 9.26. The highest BCUT2D eigenvalue weighted by molar-refractivity contribution is 6.25. The molecule has 3 amide bonds. The Morgan fingerprint density at radius 2 is 1.58 bits per heavy atom. The van der Waals surface area contributed by atoms with Crippen molar-refractivity contribution in [2.45, 2.75) is 13.0 Å². The maximum absolute atomic E-state index is 12.8. The minimum absolute atomic E-state index is 0.00209. The Kier molecular flexibility index (Phi) is 6.19. The van der Waals surface area contributed by atoms with Crippen molar-refractivity contribution >= 4 is 41.0 Å². The average Bonchev–Trinajstić information content (AvgIpc) is 3.06. The zero-order valence-corrected chi connectivity index (χ0v) is 17.6. The topological polar surface area (TPSA) is 162 Å². The second-order valence-corrected chi connectivity index (χ2v) is 6.88. The van der Waals surface area contributed by atoms with E-state index in [0.717, 1.165) is 20.3 Å². The summed E-state index contributed by atoms with van der Waals surface area (Å²) in [5.74, 6) is -4.25. The fourth-order valence-corrected chi connectivity index (χ4v) is 3.32. The number of anilines is 1. The van der Waals surface area contributed by atoms with Gasteiger partial charge in [-0.25, -0.2) is 9.59 Å². The van der Waals surface area contributed by atoms with Gasteiger partial charge in [0, 0.05) is 11.8 Å². The zero-order valence-electron chi connectivity index (χ0n) is 17.6. The molecule has 33 heavy (non-hydrogen) atoms. The first-order valence-electron chi connectivity index (χ1n) is 9.38. The molecule has 1 atom stereocenters. The number of carbonyl (C=O) groups is 5. The minimum Gasteiger partial charge on any atom is -0.465 e. The number of nitrogens with one attached hydrogen (secondary N) is 1. The molecule has 1 unspecified atom stereocenters. The summed E-state index contributed by atoms with van der Waals surface area (Å²) in [6.45, 7) is 1.26. The standard InChI is InChI=1S/C21H17N3O9/c1-10(23-18(26)14-5-4-6-15(24(30)31)16(14)19(23)27)17(25)22-13-8-11(20(28)32-2)7-12(9-13)21(29)33-3/h4-10H,1-3H3,(H,22,25). The van der Waals surface area contributed by atoms with Gasteiger partial charge in [-0.15, -0.1) is 0 Å². The van der Waals surface area contributed by atoms with Crippen LogP contribution >= 0.6 is 0 Å². The van der Waals surface area contributed by atoms with Crippen LogP contribution in [0.15, 0.2) is 36.4 Å². The number of hydrogen-bond donors (Lipinski definition) is 1. The van der Waals surface area contributed by atoms with Crippen molar-refractivity contribution in [2.75, 3.05) is 19.5 Å². The molecule has 2 aromatic carbocycles. The molecule has 0 spiro atoms. The Labute approximate surface area is 186 Å². The zero-order chi connectivity index (χ0) is 24.4. The van der Waals surface area contributed by atoms with Crippen LogP contribution in [0.3, 0.4) is 0 Å². The number of methoxy groups -OCH3 is 2. The van der Waals surface area contributed by atoms with E-state index in [9.17, 15) is 34.1 Å². The van der Waals surface area contributed by atoms with Gasteiger partial charge < -0.3 is 14.8 Å². The van der Waals surface area contributed by atoms with E-state index in [4.69, 9.17) is 0 Å².